The summed E-state index contributed by atoms with van der Waals surface area (Å²) in [5.74, 6) is 0. The predicted octanol–water partition coefficient (Wildman–Crippen LogP) is 0.960. The van der Waals surface area contributed by atoms with Gasteiger partial charge in [0.25, 0.3) is 0 Å². The number of amidine groups is 1. The number of nitrogens with one attached hydrogen (secondary N) is 1. The van der Waals surface area contributed by atoms with Crippen LogP contribution < -0.4 is 5.32 Å². The second-order valence-corrected chi connectivity index (χ2v) is 3.59. The highest BCUT2D eigenvalue weighted by molar-refractivity contribution is 8.14. The summed E-state index contributed by atoms with van der Waals surface area (Å²) < 4.78 is 4.99. The Balaban J connectivity index is 3.63. The number of rotatable bonds is 3. The lowest BCUT2D eigenvalue weighted by molar-refractivity contribution is 0.203. The first-order valence-corrected chi connectivity index (χ1v) is 4.42. The highest BCUT2D eigenvalue weighted by Crippen LogP contribution is 2.10. The average Bonchev–Trinajstić information content (AvgIpc) is 2.01. The maximum atomic E-state index is 4.99. The molecule has 0 aliphatic heterocycles. The average molecular weight is 176 g/mol. The Morgan fingerprint density at radius 1 is 1.73 bits per heavy atom. The van der Waals surface area contributed by atoms with Gasteiger partial charge in [-0.1, -0.05) is 18.7 Å². The molecule has 0 radical (unpaired) electrons. The second-order valence-electron chi connectivity index (χ2n) is 2.16. The summed E-state index contributed by atoms with van der Waals surface area (Å²) in [5.41, 5.74) is 0. The van der Waals surface area contributed by atoms with Crippen molar-refractivity contribution in [1.82, 2.24) is 5.32 Å². The van der Waals surface area contributed by atoms with E-state index < -0.39 is 0 Å². The van der Waals surface area contributed by atoms with Crippen molar-refractivity contribution >= 4 is 16.9 Å². The van der Waals surface area contributed by atoms with E-state index in [-0.39, 0.29) is 0 Å². The minimum Gasteiger partial charge on any atom is -0.384 e. The normalized spacial score (nSPS) is 14.7. The van der Waals surface area contributed by atoms with Crippen LogP contribution in [0, 0.1) is 0 Å². The van der Waals surface area contributed by atoms with Gasteiger partial charge in [0, 0.05) is 26.5 Å². The molecule has 0 saturated heterocycles. The first kappa shape index (κ1) is 10.8. The summed E-state index contributed by atoms with van der Waals surface area (Å²) >= 11 is 1.68. The third kappa shape index (κ3) is 5.09. The van der Waals surface area contributed by atoms with Gasteiger partial charge in [-0.05, 0) is 0 Å². The number of hydrogen-bond acceptors (Lipinski definition) is 3. The van der Waals surface area contributed by atoms with Crippen molar-refractivity contribution in [3.8, 4) is 0 Å². The van der Waals surface area contributed by atoms with E-state index in [2.05, 4.69) is 17.2 Å². The molecule has 0 amide bonds. The molecule has 0 saturated carbocycles. The van der Waals surface area contributed by atoms with Gasteiger partial charge in [0.05, 0.1) is 6.61 Å². The fourth-order valence-electron chi connectivity index (χ4n) is 0.683. The van der Waals surface area contributed by atoms with Crippen molar-refractivity contribution < 1.29 is 4.74 Å². The van der Waals surface area contributed by atoms with E-state index >= 15 is 0 Å². The number of ether oxygens (including phenoxy) is 1. The van der Waals surface area contributed by atoms with E-state index in [1.54, 1.807) is 25.9 Å². The maximum absolute atomic E-state index is 4.99. The molecule has 0 spiro atoms. The quantitative estimate of drug-likeness (QED) is 0.513. The monoisotopic (exact) mass is 176 g/mol. The Morgan fingerprint density at radius 3 is 2.73 bits per heavy atom. The van der Waals surface area contributed by atoms with Gasteiger partial charge in [0.15, 0.2) is 5.17 Å². The van der Waals surface area contributed by atoms with E-state index in [1.165, 1.54) is 0 Å². The molecule has 0 aliphatic rings. The van der Waals surface area contributed by atoms with Crippen LogP contribution in [0.25, 0.3) is 0 Å². The van der Waals surface area contributed by atoms with Gasteiger partial charge in [-0.2, -0.15) is 0 Å². The summed E-state index contributed by atoms with van der Waals surface area (Å²) in [5, 5.41) is 4.40. The molecule has 0 aliphatic carbocycles. The molecule has 1 atom stereocenters. The van der Waals surface area contributed by atoms with Gasteiger partial charge in [-0.15, -0.1) is 0 Å². The molecule has 3 nitrogen and oxygen atoms in total. The van der Waals surface area contributed by atoms with Crippen molar-refractivity contribution in [1.29, 1.82) is 0 Å². The first-order chi connectivity index (χ1) is 5.24. The highest BCUT2D eigenvalue weighted by Gasteiger charge is 2.04. The molecule has 1 unspecified atom stereocenters. The van der Waals surface area contributed by atoms with Gasteiger partial charge in [-0.25, -0.2) is 0 Å². The smallest absolute Gasteiger partial charge is 0.156 e. The van der Waals surface area contributed by atoms with Crippen LogP contribution >= 0.6 is 11.8 Å². The molecule has 0 aromatic rings. The van der Waals surface area contributed by atoms with Gasteiger partial charge >= 0.3 is 0 Å². The van der Waals surface area contributed by atoms with Crippen LogP contribution in [-0.4, -0.2) is 38.2 Å². The van der Waals surface area contributed by atoms with Crippen molar-refractivity contribution in [2.45, 2.75) is 12.2 Å². The summed E-state index contributed by atoms with van der Waals surface area (Å²) in [7, 11) is 5.35. The van der Waals surface area contributed by atoms with Crippen molar-refractivity contribution in [3.63, 3.8) is 0 Å². The number of nitrogens with zero attached hydrogens (tertiary/aromatic N) is 1. The fourth-order valence-corrected chi connectivity index (χ4v) is 1.49. The molecule has 0 heterocycles. The molecule has 0 rings (SSSR count). The Kier molecular flexibility index (Phi) is 6.36. The Bertz CT molecular complexity index is 128. The lowest BCUT2D eigenvalue weighted by Gasteiger charge is -2.10. The standard InChI is InChI=1S/C7H16N2OS/c1-6(5-10-4)11-7(8-2)9-3/h6H,5H2,1-4H3,(H,8,9). The minimum atomic E-state index is 0.450. The number of hydrogen-bond donors (Lipinski definition) is 1. The Labute approximate surface area is 72.6 Å². The van der Waals surface area contributed by atoms with Gasteiger partial charge in [0.1, 0.15) is 0 Å². The van der Waals surface area contributed by atoms with Crippen LogP contribution in [0.1, 0.15) is 6.92 Å². The topological polar surface area (TPSA) is 33.6 Å². The van der Waals surface area contributed by atoms with Crippen LogP contribution in [-0.2, 0) is 4.74 Å². The van der Waals surface area contributed by atoms with E-state index in [0.29, 0.717) is 5.25 Å². The zero-order chi connectivity index (χ0) is 8.69. The number of thioether (sulfide) groups is 1. The molecular formula is C7H16N2OS. The van der Waals surface area contributed by atoms with E-state index in [0.717, 1.165) is 11.8 Å². The summed E-state index contributed by atoms with van der Waals surface area (Å²) in [4.78, 5) is 4.04. The third-order valence-electron chi connectivity index (χ3n) is 1.13. The zero-order valence-electron chi connectivity index (χ0n) is 7.55. The van der Waals surface area contributed by atoms with E-state index in [4.69, 9.17) is 4.74 Å². The Hall–Kier alpha value is -0.220. The van der Waals surface area contributed by atoms with Crippen LogP contribution in [0.2, 0.25) is 0 Å². The molecule has 0 fully saturated rings. The largest absolute Gasteiger partial charge is 0.384 e. The van der Waals surface area contributed by atoms with Crippen LogP contribution in [0.5, 0.6) is 0 Å². The summed E-state index contributed by atoms with van der Waals surface area (Å²) in [6.45, 7) is 2.86. The predicted molar refractivity (Wildman–Crippen MR) is 51.3 cm³/mol. The van der Waals surface area contributed by atoms with Gasteiger partial charge in [-0.3, -0.25) is 4.99 Å². The molecular weight excluding hydrogens is 160 g/mol. The minimum absolute atomic E-state index is 0.450. The lowest BCUT2D eigenvalue weighted by atomic mass is 10.5. The van der Waals surface area contributed by atoms with Crippen molar-refractivity contribution in [2.75, 3.05) is 27.8 Å². The van der Waals surface area contributed by atoms with E-state index in [9.17, 15) is 0 Å². The van der Waals surface area contributed by atoms with Gasteiger partial charge in [0.2, 0.25) is 0 Å². The Morgan fingerprint density at radius 2 is 2.36 bits per heavy atom. The van der Waals surface area contributed by atoms with Gasteiger partial charge < -0.3 is 10.1 Å². The first-order valence-electron chi connectivity index (χ1n) is 3.54. The van der Waals surface area contributed by atoms with E-state index in [1.807, 2.05) is 7.05 Å². The zero-order valence-corrected chi connectivity index (χ0v) is 8.36. The SMILES string of the molecule is CN=C(NC)SC(C)COC. The molecule has 1 N–H and O–H groups in total. The number of aliphatic imine (C=N–C) groups is 1. The third-order valence-corrected chi connectivity index (χ3v) is 2.28. The molecule has 0 bridgehead atoms. The number of methoxy groups -OCH3 is 1. The van der Waals surface area contributed by atoms with Crippen LogP contribution in [0.3, 0.4) is 0 Å². The molecule has 0 aromatic carbocycles. The molecule has 4 heteroatoms. The van der Waals surface area contributed by atoms with Crippen LogP contribution in [0.15, 0.2) is 4.99 Å². The molecule has 0 aromatic heterocycles. The molecule has 11 heavy (non-hydrogen) atoms. The fraction of sp³-hybridized carbons (Fsp3) is 0.857. The molecule has 66 valence electrons. The highest BCUT2D eigenvalue weighted by atomic mass is 32.2. The van der Waals surface area contributed by atoms with Crippen LogP contribution in [0.4, 0.5) is 0 Å². The second kappa shape index (κ2) is 6.49. The summed E-state index contributed by atoms with van der Waals surface area (Å²) in [6.07, 6.45) is 0. The maximum Gasteiger partial charge on any atom is 0.156 e. The summed E-state index contributed by atoms with van der Waals surface area (Å²) in [6, 6.07) is 0. The van der Waals surface area contributed by atoms with Crippen molar-refractivity contribution in [2.24, 2.45) is 4.99 Å². The lowest BCUT2D eigenvalue weighted by Crippen LogP contribution is -2.19. The van der Waals surface area contributed by atoms with Crippen molar-refractivity contribution in [3.05, 3.63) is 0 Å².